The summed E-state index contributed by atoms with van der Waals surface area (Å²) in [5.41, 5.74) is 6.40. The predicted octanol–water partition coefficient (Wildman–Crippen LogP) is 0.679. The predicted molar refractivity (Wildman–Crippen MR) is 96.2 cm³/mol. The highest BCUT2D eigenvalue weighted by molar-refractivity contribution is 7.99. The number of amides is 2. The number of nitrogens with zero attached hydrogens (tertiary/aromatic N) is 1. The number of nitrogens with one attached hydrogen (secondary N) is 3. The molecule has 1 aliphatic rings. The second kappa shape index (κ2) is 8.42. The van der Waals surface area contributed by atoms with Crippen molar-refractivity contribution in [2.45, 2.75) is 23.5 Å². The van der Waals surface area contributed by atoms with Gasteiger partial charge < -0.3 is 16.4 Å². The van der Waals surface area contributed by atoms with Crippen molar-refractivity contribution in [1.29, 1.82) is 0 Å². The Hall–Kier alpha value is -2.56. The summed E-state index contributed by atoms with van der Waals surface area (Å²) in [6, 6.07) is 5.40. The highest BCUT2D eigenvalue weighted by Gasteiger charge is 2.35. The van der Waals surface area contributed by atoms with Crippen LogP contribution in [0.2, 0.25) is 0 Å². The SMILES string of the molecule is NC1NC(SCc2cccnc2)NC(=O)C1NC(=O)c1ccc(F)c(F)c1. The number of thioether (sulfide) groups is 1. The first kappa shape index (κ1) is 19.2. The molecule has 0 bridgehead atoms. The van der Waals surface area contributed by atoms with Crippen LogP contribution < -0.4 is 21.7 Å². The van der Waals surface area contributed by atoms with Crippen molar-refractivity contribution in [3.63, 3.8) is 0 Å². The van der Waals surface area contributed by atoms with Crippen LogP contribution in [-0.4, -0.2) is 34.5 Å². The minimum Gasteiger partial charge on any atom is -0.338 e. The number of rotatable bonds is 5. The highest BCUT2D eigenvalue weighted by Crippen LogP contribution is 2.17. The van der Waals surface area contributed by atoms with Crippen LogP contribution in [0.15, 0.2) is 42.7 Å². The molecule has 142 valence electrons. The minimum absolute atomic E-state index is 0.109. The summed E-state index contributed by atoms with van der Waals surface area (Å²) in [6.07, 6.45) is 2.55. The molecule has 2 heterocycles. The second-order valence-electron chi connectivity index (χ2n) is 5.83. The van der Waals surface area contributed by atoms with Gasteiger partial charge in [0.15, 0.2) is 11.6 Å². The molecule has 1 fully saturated rings. The van der Waals surface area contributed by atoms with Crippen LogP contribution in [0.3, 0.4) is 0 Å². The van der Waals surface area contributed by atoms with Crippen LogP contribution in [-0.2, 0) is 10.5 Å². The number of carbonyl (C=O) groups is 2. The molecule has 3 rings (SSSR count). The smallest absolute Gasteiger partial charge is 0.252 e. The normalized spacial score (nSPS) is 22.2. The first-order valence-corrected chi connectivity index (χ1v) is 9.07. The van der Waals surface area contributed by atoms with Crippen molar-refractivity contribution in [3.05, 3.63) is 65.5 Å². The summed E-state index contributed by atoms with van der Waals surface area (Å²) >= 11 is 1.41. The Labute approximate surface area is 158 Å². The molecule has 10 heteroatoms. The van der Waals surface area contributed by atoms with Gasteiger partial charge in [0, 0.05) is 23.7 Å². The van der Waals surface area contributed by atoms with E-state index in [1.807, 2.05) is 12.1 Å². The molecule has 1 aliphatic heterocycles. The number of pyridine rings is 1. The zero-order valence-electron chi connectivity index (χ0n) is 14.0. The fourth-order valence-electron chi connectivity index (χ4n) is 2.46. The van der Waals surface area contributed by atoms with E-state index in [9.17, 15) is 18.4 Å². The first-order valence-electron chi connectivity index (χ1n) is 8.02. The molecule has 0 saturated carbocycles. The van der Waals surface area contributed by atoms with Gasteiger partial charge in [-0.1, -0.05) is 6.07 Å². The summed E-state index contributed by atoms with van der Waals surface area (Å²) in [4.78, 5) is 28.5. The molecule has 0 spiro atoms. The molecule has 1 aromatic heterocycles. The Morgan fingerprint density at radius 1 is 1.30 bits per heavy atom. The van der Waals surface area contributed by atoms with E-state index >= 15 is 0 Å². The third-order valence-corrected chi connectivity index (χ3v) is 4.95. The van der Waals surface area contributed by atoms with E-state index in [1.54, 1.807) is 12.4 Å². The van der Waals surface area contributed by atoms with E-state index in [4.69, 9.17) is 5.73 Å². The van der Waals surface area contributed by atoms with Crippen LogP contribution in [0.25, 0.3) is 0 Å². The van der Waals surface area contributed by atoms with Crippen molar-refractivity contribution >= 4 is 23.6 Å². The summed E-state index contributed by atoms with van der Waals surface area (Å²) in [5.74, 6) is -2.81. The lowest BCUT2D eigenvalue weighted by Crippen LogP contribution is -2.70. The van der Waals surface area contributed by atoms with Gasteiger partial charge >= 0.3 is 0 Å². The Morgan fingerprint density at radius 3 is 2.78 bits per heavy atom. The average molecular weight is 393 g/mol. The van der Waals surface area contributed by atoms with Gasteiger partial charge in [0.2, 0.25) is 5.91 Å². The van der Waals surface area contributed by atoms with Crippen molar-refractivity contribution < 1.29 is 18.4 Å². The Bertz CT molecular complexity index is 839. The highest BCUT2D eigenvalue weighted by atomic mass is 32.2. The van der Waals surface area contributed by atoms with E-state index in [2.05, 4.69) is 20.9 Å². The summed E-state index contributed by atoms with van der Waals surface area (Å²) < 4.78 is 26.2. The van der Waals surface area contributed by atoms with Crippen LogP contribution >= 0.6 is 11.8 Å². The summed E-state index contributed by atoms with van der Waals surface area (Å²) in [7, 11) is 0. The van der Waals surface area contributed by atoms with Gasteiger partial charge in [-0.05, 0) is 29.8 Å². The van der Waals surface area contributed by atoms with Crippen molar-refractivity contribution in [3.8, 4) is 0 Å². The summed E-state index contributed by atoms with van der Waals surface area (Å²) in [6.45, 7) is 0. The third kappa shape index (κ3) is 4.79. The Morgan fingerprint density at radius 2 is 2.11 bits per heavy atom. The van der Waals surface area contributed by atoms with Gasteiger partial charge in [0.05, 0.1) is 6.17 Å². The lowest BCUT2D eigenvalue weighted by Gasteiger charge is -2.35. The van der Waals surface area contributed by atoms with Gasteiger partial charge in [0.25, 0.3) is 5.91 Å². The molecule has 5 N–H and O–H groups in total. The number of carbonyl (C=O) groups excluding carboxylic acids is 2. The number of hydrogen-bond acceptors (Lipinski definition) is 6. The minimum atomic E-state index is -1.15. The van der Waals surface area contributed by atoms with Gasteiger partial charge in [-0.3, -0.25) is 19.9 Å². The molecule has 1 aromatic carbocycles. The maximum atomic E-state index is 13.3. The number of nitrogens with two attached hydrogens (primary N) is 1. The molecular weight excluding hydrogens is 376 g/mol. The van der Waals surface area contributed by atoms with Crippen LogP contribution in [0.4, 0.5) is 8.78 Å². The van der Waals surface area contributed by atoms with Crippen LogP contribution in [0, 0.1) is 11.6 Å². The molecular formula is C17H17F2N5O2S. The maximum Gasteiger partial charge on any atom is 0.252 e. The quantitative estimate of drug-likeness (QED) is 0.595. The Kier molecular flexibility index (Phi) is 5.99. The molecule has 3 atom stereocenters. The zero-order chi connectivity index (χ0) is 19.4. The van der Waals surface area contributed by atoms with E-state index in [0.29, 0.717) is 5.75 Å². The molecule has 0 radical (unpaired) electrons. The number of halogens is 2. The Balaban J connectivity index is 1.57. The molecule has 2 aromatic rings. The monoisotopic (exact) mass is 393 g/mol. The molecule has 0 aliphatic carbocycles. The topological polar surface area (TPSA) is 109 Å². The van der Waals surface area contributed by atoms with Crippen molar-refractivity contribution in [2.24, 2.45) is 5.73 Å². The van der Waals surface area contributed by atoms with Crippen molar-refractivity contribution in [1.82, 2.24) is 20.9 Å². The van der Waals surface area contributed by atoms with E-state index in [-0.39, 0.29) is 5.56 Å². The number of benzene rings is 1. The van der Waals surface area contributed by atoms with Crippen LogP contribution in [0.1, 0.15) is 15.9 Å². The van der Waals surface area contributed by atoms with E-state index in [0.717, 1.165) is 23.8 Å². The van der Waals surface area contributed by atoms with Gasteiger partial charge in [-0.2, -0.15) is 0 Å². The average Bonchev–Trinajstić information content (AvgIpc) is 2.66. The van der Waals surface area contributed by atoms with Gasteiger partial charge in [-0.15, -0.1) is 11.8 Å². The van der Waals surface area contributed by atoms with E-state index < -0.39 is 41.2 Å². The molecule has 7 nitrogen and oxygen atoms in total. The van der Waals surface area contributed by atoms with E-state index in [1.165, 1.54) is 11.8 Å². The van der Waals surface area contributed by atoms with Gasteiger partial charge in [0.1, 0.15) is 11.5 Å². The molecule has 1 saturated heterocycles. The molecule has 27 heavy (non-hydrogen) atoms. The van der Waals surface area contributed by atoms with Crippen LogP contribution in [0.5, 0.6) is 0 Å². The lowest BCUT2D eigenvalue weighted by atomic mass is 10.1. The standard InChI is InChI=1S/C17H17F2N5O2S/c18-11-4-3-10(6-12(11)19)15(25)22-13-14(20)23-17(24-16(13)26)27-8-9-2-1-5-21-7-9/h1-7,13-14,17,23H,8,20H2,(H,22,25)(H,24,26). The third-order valence-electron chi connectivity index (χ3n) is 3.87. The largest absolute Gasteiger partial charge is 0.338 e. The van der Waals surface area contributed by atoms with Crippen molar-refractivity contribution in [2.75, 3.05) is 0 Å². The maximum absolute atomic E-state index is 13.3. The zero-order valence-corrected chi connectivity index (χ0v) is 14.8. The lowest BCUT2D eigenvalue weighted by molar-refractivity contribution is -0.125. The fourth-order valence-corrected chi connectivity index (χ4v) is 3.45. The second-order valence-corrected chi connectivity index (χ2v) is 6.93. The fraction of sp³-hybridized carbons (Fsp3) is 0.235. The summed E-state index contributed by atoms with van der Waals surface area (Å²) in [5, 5.41) is 8.12. The number of aromatic nitrogens is 1. The van der Waals surface area contributed by atoms with Gasteiger partial charge in [-0.25, -0.2) is 8.78 Å². The first-order chi connectivity index (χ1) is 12.9. The molecule has 2 amide bonds. The number of hydrogen-bond donors (Lipinski definition) is 4. The molecule has 3 unspecified atom stereocenters.